The molecule has 0 spiro atoms. The Labute approximate surface area is 85.7 Å². The zero-order valence-electron chi connectivity index (χ0n) is 7.81. The van der Waals surface area contributed by atoms with E-state index in [1.165, 1.54) is 18.2 Å². The number of nitrogens with one attached hydrogen (secondary N) is 1. The minimum absolute atomic E-state index is 0.233. The molecule has 1 aliphatic rings. The second-order valence-corrected chi connectivity index (χ2v) is 3.32. The molecule has 0 aromatic heterocycles. The standard InChI is InChI=1S/C10H10FNO3/c11-7-3-1-2-6(4-7)9(13)8-5-12-10(14)15-8/h1-4,8-9,13H,5H2,(H,12,14). The summed E-state index contributed by atoms with van der Waals surface area (Å²) in [5, 5.41) is 12.2. The number of hydrogen-bond acceptors (Lipinski definition) is 3. The van der Waals surface area contributed by atoms with Crippen molar-refractivity contribution >= 4 is 6.09 Å². The Morgan fingerprint density at radius 2 is 2.40 bits per heavy atom. The summed E-state index contributed by atoms with van der Waals surface area (Å²) in [6, 6.07) is 5.59. The number of halogens is 1. The number of carbonyl (C=O) groups is 1. The molecule has 2 atom stereocenters. The molecule has 4 nitrogen and oxygen atoms in total. The van der Waals surface area contributed by atoms with Crippen LogP contribution in [0.15, 0.2) is 24.3 Å². The largest absolute Gasteiger partial charge is 0.441 e. The van der Waals surface area contributed by atoms with Gasteiger partial charge in [-0.05, 0) is 17.7 Å². The highest BCUT2D eigenvalue weighted by molar-refractivity contribution is 5.69. The first kappa shape index (κ1) is 9.92. The number of carbonyl (C=O) groups excluding carboxylic acids is 1. The third-order valence-corrected chi connectivity index (χ3v) is 2.25. The maximum absolute atomic E-state index is 12.9. The second-order valence-electron chi connectivity index (χ2n) is 3.32. The molecule has 2 unspecified atom stereocenters. The average Bonchev–Trinajstić information content (AvgIpc) is 2.64. The minimum atomic E-state index is -1.00. The van der Waals surface area contributed by atoms with E-state index in [2.05, 4.69) is 5.32 Å². The lowest BCUT2D eigenvalue weighted by Crippen LogP contribution is -2.22. The maximum Gasteiger partial charge on any atom is 0.407 e. The number of amides is 1. The first-order valence-electron chi connectivity index (χ1n) is 4.55. The third kappa shape index (κ3) is 2.07. The van der Waals surface area contributed by atoms with Gasteiger partial charge in [-0.1, -0.05) is 12.1 Å². The Kier molecular flexibility index (Phi) is 2.55. The van der Waals surface area contributed by atoms with Crippen LogP contribution in [0.1, 0.15) is 11.7 Å². The summed E-state index contributed by atoms with van der Waals surface area (Å²) in [5.41, 5.74) is 0.400. The van der Waals surface area contributed by atoms with E-state index in [0.29, 0.717) is 5.56 Å². The summed E-state index contributed by atoms with van der Waals surface area (Å²) in [4.78, 5) is 10.7. The molecule has 0 saturated carbocycles. The van der Waals surface area contributed by atoms with Crippen molar-refractivity contribution in [2.24, 2.45) is 0 Å². The SMILES string of the molecule is O=C1NCC(C(O)c2cccc(F)c2)O1. The number of cyclic esters (lactones) is 1. The summed E-state index contributed by atoms with van der Waals surface area (Å²) in [7, 11) is 0. The van der Waals surface area contributed by atoms with Crippen molar-refractivity contribution in [1.29, 1.82) is 0 Å². The summed E-state index contributed by atoms with van der Waals surface area (Å²) in [6.45, 7) is 0.233. The first-order chi connectivity index (χ1) is 7.16. The molecule has 0 bridgehead atoms. The number of hydrogen-bond donors (Lipinski definition) is 2. The quantitative estimate of drug-likeness (QED) is 0.766. The van der Waals surface area contributed by atoms with Crippen LogP contribution < -0.4 is 5.32 Å². The van der Waals surface area contributed by atoms with Crippen molar-refractivity contribution in [2.45, 2.75) is 12.2 Å². The van der Waals surface area contributed by atoms with E-state index in [1.54, 1.807) is 6.07 Å². The van der Waals surface area contributed by atoms with E-state index in [4.69, 9.17) is 4.74 Å². The Balaban J connectivity index is 2.13. The van der Waals surface area contributed by atoms with Crippen LogP contribution >= 0.6 is 0 Å². The Morgan fingerprint density at radius 1 is 1.60 bits per heavy atom. The lowest BCUT2D eigenvalue weighted by atomic mass is 10.0. The highest BCUT2D eigenvalue weighted by Crippen LogP contribution is 2.21. The van der Waals surface area contributed by atoms with Crippen molar-refractivity contribution < 1.29 is 19.0 Å². The molecule has 5 heteroatoms. The predicted octanol–water partition coefficient (Wildman–Crippen LogP) is 0.967. The zero-order valence-corrected chi connectivity index (χ0v) is 7.81. The molecule has 1 amide bonds. The summed E-state index contributed by atoms with van der Waals surface area (Å²) in [6.07, 6.45) is -2.21. The molecule has 15 heavy (non-hydrogen) atoms. The first-order valence-corrected chi connectivity index (χ1v) is 4.55. The maximum atomic E-state index is 12.9. The molecular formula is C10H10FNO3. The van der Waals surface area contributed by atoms with Gasteiger partial charge >= 0.3 is 6.09 Å². The van der Waals surface area contributed by atoms with Crippen molar-refractivity contribution in [3.8, 4) is 0 Å². The smallest absolute Gasteiger partial charge is 0.407 e. The van der Waals surface area contributed by atoms with Gasteiger partial charge in [0.25, 0.3) is 0 Å². The van der Waals surface area contributed by atoms with Gasteiger partial charge in [-0.25, -0.2) is 9.18 Å². The Hall–Kier alpha value is -1.62. The molecule has 1 fully saturated rings. The highest BCUT2D eigenvalue weighted by Gasteiger charge is 2.30. The number of aliphatic hydroxyl groups excluding tert-OH is 1. The van der Waals surface area contributed by atoms with Gasteiger partial charge in [0.05, 0.1) is 6.54 Å². The lowest BCUT2D eigenvalue weighted by Gasteiger charge is -2.15. The fourth-order valence-electron chi connectivity index (χ4n) is 1.49. The van der Waals surface area contributed by atoms with Crippen LogP contribution in [0.3, 0.4) is 0 Å². The predicted molar refractivity (Wildman–Crippen MR) is 49.6 cm³/mol. The van der Waals surface area contributed by atoms with Crippen LogP contribution in [-0.4, -0.2) is 23.8 Å². The molecule has 0 aliphatic carbocycles. The number of aliphatic hydroxyl groups is 1. The van der Waals surface area contributed by atoms with E-state index in [0.717, 1.165) is 0 Å². The minimum Gasteiger partial charge on any atom is -0.441 e. The molecule has 0 radical (unpaired) electrons. The van der Waals surface area contributed by atoms with Crippen molar-refractivity contribution in [2.75, 3.05) is 6.54 Å². The van der Waals surface area contributed by atoms with E-state index in [-0.39, 0.29) is 6.54 Å². The number of ether oxygens (including phenoxy) is 1. The topological polar surface area (TPSA) is 58.6 Å². The van der Waals surface area contributed by atoms with Crippen LogP contribution in [-0.2, 0) is 4.74 Å². The second kappa shape index (κ2) is 3.86. The number of benzene rings is 1. The normalized spacial score (nSPS) is 22.0. The van der Waals surface area contributed by atoms with Gasteiger partial charge in [0.2, 0.25) is 0 Å². The molecule has 2 rings (SSSR count). The van der Waals surface area contributed by atoms with E-state index < -0.39 is 24.1 Å². The van der Waals surface area contributed by atoms with Gasteiger partial charge < -0.3 is 15.2 Å². The van der Waals surface area contributed by atoms with Crippen LogP contribution in [0.2, 0.25) is 0 Å². The van der Waals surface area contributed by atoms with E-state index >= 15 is 0 Å². The fourth-order valence-corrected chi connectivity index (χ4v) is 1.49. The van der Waals surface area contributed by atoms with Gasteiger partial charge in [-0.15, -0.1) is 0 Å². The lowest BCUT2D eigenvalue weighted by molar-refractivity contribution is 0.0318. The number of rotatable bonds is 2. The molecule has 80 valence electrons. The Bertz CT molecular complexity index is 383. The van der Waals surface area contributed by atoms with Gasteiger partial charge in [0.1, 0.15) is 11.9 Å². The van der Waals surface area contributed by atoms with Gasteiger partial charge in [0, 0.05) is 0 Å². The van der Waals surface area contributed by atoms with Crippen LogP contribution in [0.4, 0.5) is 9.18 Å². The molecule has 1 aromatic rings. The third-order valence-electron chi connectivity index (χ3n) is 2.25. The van der Waals surface area contributed by atoms with Crippen molar-refractivity contribution in [3.63, 3.8) is 0 Å². The van der Waals surface area contributed by atoms with Crippen LogP contribution in [0.25, 0.3) is 0 Å². The molecule has 1 heterocycles. The molecular weight excluding hydrogens is 201 g/mol. The average molecular weight is 211 g/mol. The monoisotopic (exact) mass is 211 g/mol. The summed E-state index contributed by atoms with van der Waals surface area (Å²) < 4.78 is 17.7. The Morgan fingerprint density at radius 3 is 3.00 bits per heavy atom. The van der Waals surface area contributed by atoms with Gasteiger partial charge in [-0.3, -0.25) is 0 Å². The fraction of sp³-hybridized carbons (Fsp3) is 0.300. The molecule has 1 saturated heterocycles. The van der Waals surface area contributed by atoms with Crippen LogP contribution in [0, 0.1) is 5.82 Å². The van der Waals surface area contributed by atoms with E-state index in [1.807, 2.05) is 0 Å². The molecule has 1 aliphatic heterocycles. The summed E-state index contributed by atoms with van der Waals surface area (Å²) >= 11 is 0. The summed E-state index contributed by atoms with van der Waals surface area (Å²) in [5.74, 6) is -0.427. The molecule has 2 N–H and O–H groups in total. The van der Waals surface area contributed by atoms with Crippen molar-refractivity contribution in [3.05, 3.63) is 35.6 Å². The van der Waals surface area contributed by atoms with E-state index in [9.17, 15) is 14.3 Å². The van der Waals surface area contributed by atoms with Crippen LogP contribution in [0.5, 0.6) is 0 Å². The molecule has 1 aromatic carbocycles. The number of alkyl carbamates (subject to hydrolysis) is 1. The zero-order chi connectivity index (χ0) is 10.8. The van der Waals surface area contributed by atoms with Gasteiger partial charge in [-0.2, -0.15) is 0 Å². The van der Waals surface area contributed by atoms with Crippen molar-refractivity contribution in [1.82, 2.24) is 5.32 Å². The van der Waals surface area contributed by atoms with Gasteiger partial charge in [0.15, 0.2) is 6.10 Å². The highest BCUT2D eigenvalue weighted by atomic mass is 19.1.